The average Bonchev–Trinajstić information content (AvgIpc) is 2.90. The maximum Gasteiger partial charge on any atom is 0.0603 e. The number of anilines is 1. The first-order valence-corrected chi connectivity index (χ1v) is 8.53. The number of hydrogen-bond acceptors (Lipinski definition) is 2. The highest BCUT2D eigenvalue weighted by Gasteiger charge is 2.16. The molecule has 0 N–H and O–H groups in total. The lowest BCUT2D eigenvalue weighted by atomic mass is 10.1. The van der Waals surface area contributed by atoms with Gasteiger partial charge in [-0.25, -0.2) is 0 Å². The molecular formula is C14H15Br2NS. The van der Waals surface area contributed by atoms with Gasteiger partial charge in [-0.15, -0.1) is 11.3 Å². The Morgan fingerprint density at radius 2 is 2.11 bits per heavy atom. The minimum Gasteiger partial charge on any atom is -0.367 e. The van der Waals surface area contributed by atoms with Gasteiger partial charge in [-0.3, -0.25) is 0 Å². The zero-order valence-corrected chi connectivity index (χ0v) is 14.3. The van der Waals surface area contributed by atoms with Gasteiger partial charge >= 0.3 is 0 Å². The van der Waals surface area contributed by atoms with Gasteiger partial charge in [0.05, 0.1) is 6.04 Å². The van der Waals surface area contributed by atoms with Crippen molar-refractivity contribution < 1.29 is 0 Å². The molecule has 0 spiro atoms. The number of alkyl halides is 1. The molecule has 0 aliphatic heterocycles. The Morgan fingerprint density at radius 1 is 1.33 bits per heavy atom. The third-order valence-corrected chi connectivity index (χ3v) is 5.25. The van der Waals surface area contributed by atoms with Crippen molar-refractivity contribution in [1.29, 1.82) is 0 Å². The maximum absolute atomic E-state index is 3.56. The first-order chi connectivity index (χ1) is 8.63. The summed E-state index contributed by atoms with van der Waals surface area (Å²) in [7, 11) is 2.15. The average molecular weight is 389 g/mol. The van der Waals surface area contributed by atoms with Crippen LogP contribution in [0.15, 0.2) is 40.2 Å². The fourth-order valence-corrected chi connectivity index (χ4v) is 3.56. The number of hydrogen-bond donors (Lipinski definition) is 0. The van der Waals surface area contributed by atoms with Crippen LogP contribution in [0.5, 0.6) is 0 Å². The first kappa shape index (κ1) is 14.1. The molecule has 2 aromatic rings. The number of nitrogens with zero attached hydrogens (tertiary/aromatic N) is 1. The van der Waals surface area contributed by atoms with Crippen molar-refractivity contribution in [2.24, 2.45) is 0 Å². The predicted octanol–water partition coefficient (Wildman–Crippen LogP) is 5.60. The molecular weight excluding hydrogens is 374 g/mol. The molecule has 0 bridgehead atoms. The molecule has 1 aromatic carbocycles. The molecule has 0 aliphatic carbocycles. The van der Waals surface area contributed by atoms with Gasteiger partial charge in [0, 0.05) is 27.4 Å². The zero-order valence-electron chi connectivity index (χ0n) is 10.4. The Hall–Kier alpha value is -0.320. The Morgan fingerprint density at radius 3 is 2.72 bits per heavy atom. The van der Waals surface area contributed by atoms with E-state index in [-0.39, 0.29) is 0 Å². The van der Waals surface area contributed by atoms with E-state index in [9.17, 15) is 0 Å². The van der Waals surface area contributed by atoms with Gasteiger partial charge in [0.25, 0.3) is 0 Å². The molecule has 0 saturated heterocycles. The number of halogens is 2. The van der Waals surface area contributed by atoms with Crippen LogP contribution in [0.4, 0.5) is 5.69 Å². The van der Waals surface area contributed by atoms with Crippen molar-refractivity contribution in [1.82, 2.24) is 0 Å². The van der Waals surface area contributed by atoms with Crippen LogP contribution in [0, 0.1) is 0 Å². The summed E-state index contributed by atoms with van der Waals surface area (Å²) >= 11 is 8.92. The first-order valence-electron chi connectivity index (χ1n) is 5.74. The van der Waals surface area contributed by atoms with Crippen molar-refractivity contribution in [3.63, 3.8) is 0 Å². The topological polar surface area (TPSA) is 3.24 Å². The van der Waals surface area contributed by atoms with Gasteiger partial charge in [0.1, 0.15) is 0 Å². The smallest absolute Gasteiger partial charge is 0.0603 e. The Labute approximate surface area is 129 Å². The molecule has 1 heterocycles. The second kappa shape index (κ2) is 6.22. The van der Waals surface area contributed by atoms with Crippen LogP contribution in [0.2, 0.25) is 0 Å². The van der Waals surface area contributed by atoms with E-state index >= 15 is 0 Å². The highest BCUT2D eigenvalue weighted by atomic mass is 79.9. The van der Waals surface area contributed by atoms with Crippen molar-refractivity contribution >= 4 is 48.9 Å². The fraction of sp³-hybridized carbons (Fsp3) is 0.286. The largest absolute Gasteiger partial charge is 0.367 e. The molecule has 1 atom stereocenters. The summed E-state index contributed by atoms with van der Waals surface area (Å²) in [6.45, 7) is 2.24. The maximum atomic E-state index is 3.56. The Kier molecular flexibility index (Phi) is 4.87. The Balaban J connectivity index is 2.33. The molecule has 0 aliphatic rings. The number of thiophene rings is 1. The monoisotopic (exact) mass is 387 g/mol. The highest BCUT2D eigenvalue weighted by Crippen LogP contribution is 2.33. The summed E-state index contributed by atoms with van der Waals surface area (Å²) in [5, 5.41) is 3.00. The summed E-state index contributed by atoms with van der Waals surface area (Å²) in [6, 6.07) is 11.1. The van der Waals surface area contributed by atoms with Crippen LogP contribution in [-0.2, 0) is 5.33 Å². The molecule has 1 aromatic heterocycles. The lowest BCUT2D eigenvalue weighted by molar-refractivity contribution is 0.751. The Bertz CT molecular complexity index is 511. The third kappa shape index (κ3) is 2.98. The second-order valence-electron chi connectivity index (χ2n) is 4.21. The quantitative estimate of drug-likeness (QED) is 0.616. The fourth-order valence-electron chi connectivity index (χ4n) is 1.91. The van der Waals surface area contributed by atoms with Crippen LogP contribution in [0.25, 0.3) is 0 Å². The normalized spacial score (nSPS) is 12.4. The number of benzene rings is 1. The van der Waals surface area contributed by atoms with Crippen LogP contribution >= 0.6 is 43.2 Å². The van der Waals surface area contributed by atoms with Crippen LogP contribution in [-0.4, -0.2) is 7.05 Å². The van der Waals surface area contributed by atoms with E-state index in [1.807, 2.05) is 0 Å². The lowest BCUT2D eigenvalue weighted by Crippen LogP contribution is -2.21. The van der Waals surface area contributed by atoms with E-state index in [4.69, 9.17) is 0 Å². The van der Waals surface area contributed by atoms with Crippen LogP contribution in [0.3, 0.4) is 0 Å². The van der Waals surface area contributed by atoms with E-state index in [1.54, 1.807) is 11.3 Å². The minimum absolute atomic E-state index is 0.386. The van der Waals surface area contributed by atoms with Gasteiger partial charge in [-0.1, -0.05) is 44.0 Å². The summed E-state index contributed by atoms with van der Waals surface area (Å²) in [5.41, 5.74) is 2.58. The predicted molar refractivity (Wildman–Crippen MR) is 87.9 cm³/mol. The van der Waals surface area contributed by atoms with Crippen LogP contribution in [0.1, 0.15) is 23.4 Å². The molecule has 1 unspecified atom stereocenters. The van der Waals surface area contributed by atoms with E-state index in [1.165, 1.54) is 16.1 Å². The second-order valence-corrected chi connectivity index (χ2v) is 6.66. The van der Waals surface area contributed by atoms with Gasteiger partial charge in [-0.2, -0.15) is 0 Å². The molecule has 1 nitrogen and oxygen atoms in total. The van der Waals surface area contributed by atoms with E-state index in [0.717, 1.165) is 9.80 Å². The van der Waals surface area contributed by atoms with Crippen molar-refractivity contribution in [3.8, 4) is 0 Å². The third-order valence-electron chi connectivity index (χ3n) is 3.11. The van der Waals surface area contributed by atoms with Crippen LogP contribution < -0.4 is 4.90 Å². The van der Waals surface area contributed by atoms with Gasteiger partial charge < -0.3 is 4.90 Å². The van der Waals surface area contributed by atoms with E-state index < -0.39 is 0 Å². The van der Waals surface area contributed by atoms with Crippen molar-refractivity contribution in [2.75, 3.05) is 11.9 Å². The summed E-state index contributed by atoms with van der Waals surface area (Å²) in [6.07, 6.45) is 0. The summed E-state index contributed by atoms with van der Waals surface area (Å²) in [4.78, 5) is 3.71. The molecule has 0 saturated carbocycles. The van der Waals surface area contributed by atoms with Gasteiger partial charge in [-0.05, 0) is 36.1 Å². The zero-order chi connectivity index (χ0) is 13.1. The molecule has 0 amide bonds. The molecule has 0 fully saturated rings. The lowest BCUT2D eigenvalue weighted by Gasteiger charge is -2.28. The van der Waals surface area contributed by atoms with Crippen molar-refractivity contribution in [2.45, 2.75) is 18.3 Å². The summed E-state index contributed by atoms with van der Waals surface area (Å²) < 4.78 is 1.12. The number of rotatable bonds is 4. The van der Waals surface area contributed by atoms with E-state index in [0.29, 0.717) is 6.04 Å². The van der Waals surface area contributed by atoms with Gasteiger partial charge in [0.15, 0.2) is 0 Å². The standard InChI is InChI=1S/C14H15Br2NS/c1-10(14-4-3-7-18-14)17(2)13-8-12(16)6-5-11(13)9-15/h3-8,10H,9H2,1-2H3. The highest BCUT2D eigenvalue weighted by molar-refractivity contribution is 9.10. The molecule has 96 valence electrons. The molecule has 2 rings (SSSR count). The molecule has 4 heteroatoms. The van der Waals surface area contributed by atoms with Crippen molar-refractivity contribution in [3.05, 3.63) is 50.6 Å². The minimum atomic E-state index is 0.386. The van der Waals surface area contributed by atoms with E-state index in [2.05, 4.69) is 86.4 Å². The van der Waals surface area contributed by atoms with Gasteiger partial charge in [0.2, 0.25) is 0 Å². The molecule has 18 heavy (non-hydrogen) atoms. The SMILES string of the molecule is CC(c1cccs1)N(C)c1cc(Br)ccc1CBr. The molecule has 0 radical (unpaired) electrons. The summed E-state index contributed by atoms with van der Waals surface area (Å²) in [5.74, 6) is 0.